The second-order valence-electron chi connectivity index (χ2n) is 5.87. The first kappa shape index (κ1) is 17.2. The molecule has 0 radical (unpaired) electrons. The topological polar surface area (TPSA) is 69.9 Å². The maximum Gasteiger partial charge on any atom is 0.308 e. The minimum atomic E-state index is -0.416. The number of hydrogen-bond donors (Lipinski definition) is 0. The standard InChI is InChI=1S/C20H16N2O4S/c1-3-25-17-10-13(8-9-16(17)26-12(2)23)11-18-19(24)22-15-7-5-4-6-14(15)21-20(22)27-18/h4-11H,3H2,1-2H3. The van der Waals surface area contributed by atoms with Crippen molar-refractivity contribution in [3.05, 3.63) is 62.9 Å². The van der Waals surface area contributed by atoms with E-state index in [0.29, 0.717) is 27.6 Å². The molecule has 136 valence electrons. The van der Waals surface area contributed by atoms with Crippen LogP contribution in [0.1, 0.15) is 19.4 Å². The Morgan fingerprint density at radius 2 is 2.04 bits per heavy atom. The predicted octanol–water partition coefficient (Wildman–Crippen LogP) is 2.78. The summed E-state index contributed by atoms with van der Waals surface area (Å²) in [5.74, 6) is 0.400. The van der Waals surface area contributed by atoms with Gasteiger partial charge < -0.3 is 9.47 Å². The minimum Gasteiger partial charge on any atom is -0.490 e. The Bertz CT molecular complexity index is 1270. The largest absolute Gasteiger partial charge is 0.490 e. The smallest absolute Gasteiger partial charge is 0.308 e. The zero-order valence-electron chi connectivity index (χ0n) is 14.8. The second kappa shape index (κ2) is 6.85. The maximum atomic E-state index is 12.8. The summed E-state index contributed by atoms with van der Waals surface area (Å²) in [5, 5.41) is 0. The van der Waals surface area contributed by atoms with Crippen LogP contribution in [0.4, 0.5) is 0 Å². The van der Waals surface area contributed by atoms with E-state index in [1.807, 2.05) is 31.2 Å². The van der Waals surface area contributed by atoms with Crippen molar-refractivity contribution in [3.63, 3.8) is 0 Å². The number of fused-ring (bicyclic) bond motifs is 3. The van der Waals surface area contributed by atoms with Crippen LogP contribution in [0.2, 0.25) is 0 Å². The van der Waals surface area contributed by atoms with Crippen LogP contribution in [0.15, 0.2) is 47.3 Å². The number of para-hydroxylation sites is 2. The van der Waals surface area contributed by atoms with Crippen LogP contribution in [-0.4, -0.2) is 22.0 Å². The molecule has 0 unspecified atom stereocenters. The van der Waals surface area contributed by atoms with Crippen molar-refractivity contribution in [1.29, 1.82) is 0 Å². The highest BCUT2D eigenvalue weighted by atomic mass is 32.1. The Balaban J connectivity index is 1.83. The van der Waals surface area contributed by atoms with Crippen LogP contribution < -0.4 is 19.6 Å². The SMILES string of the molecule is CCOc1cc(C=c2sc3nc4ccccc4n3c2=O)ccc1OC(C)=O. The van der Waals surface area contributed by atoms with Crippen molar-refractivity contribution in [1.82, 2.24) is 9.38 Å². The Labute approximate surface area is 158 Å². The van der Waals surface area contributed by atoms with Gasteiger partial charge in [0.05, 0.1) is 22.2 Å². The van der Waals surface area contributed by atoms with Crippen LogP contribution in [0, 0.1) is 0 Å². The van der Waals surface area contributed by atoms with Crippen LogP contribution in [0.3, 0.4) is 0 Å². The fourth-order valence-electron chi connectivity index (χ4n) is 2.89. The van der Waals surface area contributed by atoms with Gasteiger partial charge in [-0.3, -0.25) is 9.59 Å². The van der Waals surface area contributed by atoms with Gasteiger partial charge in [-0.25, -0.2) is 9.38 Å². The third-order valence-corrected chi connectivity index (χ3v) is 4.93. The lowest BCUT2D eigenvalue weighted by Crippen LogP contribution is -2.22. The highest BCUT2D eigenvalue weighted by molar-refractivity contribution is 7.15. The van der Waals surface area contributed by atoms with E-state index in [0.717, 1.165) is 16.6 Å². The second-order valence-corrected chi connectivity index (χ2v) is 6.88. The third kappa shape index (κ3) is 3.17. The molecule has 0 saturated heterocycles. The molecule has 4 aromatic rings. The van der Waals surface area contributed by atoms with Gasteiger partial charge in [-0.2, -0.15) is 0 Å². The molecule has 0 bridgehead atoms. The molecule has 7 heteroatoms. The zero-order valence-corrected chi connectivity index (χ0v) is 15.6. The van der Waals surface area contributed by atoms with Gasteiger partial charge in [-0.1, -0.05) is 29.5 Å². The molecule has 0 aliphatic rings. The average Bonchev–Trinajstić information content (AvgIpc) is 3.14. The van der Waals surface area contributed by atoms with Gasteiger partial charge in [0.1, 0.15) is 0 Å². The summed E-state index contributed by atoms with van der Waals surface area (Å²) in [4.78, 5) is 29.2. The van der Waals surface area contributed by atoms with E-state index in [1.165, 1.54) is 18.3 Å². The highest BCUT2D eigenvalue weighted by Crippen LogP contribution is 2.29. The molecule has 2 aromatic heterocycles. The molecule has 0 fully saturated rings. The van der Waals surface area contributed by atoms with Crippen LogP contribution in [-0.2, 0) is 4.79 Å². The fraction of sp³-hybridized carbons (Fsp3) is 0.150. The molecule has 0 atom stereocenters. The van der Waals surface area contributed by atoms with Crippen LogP contribution in [0.25, 0.3) is 22.1 Å². The molecule has 2 heterocycles. The molecule has 0 amide bonds. The molecule has 0 aliphatic heterocycles. The third-order valence-electron chi connectivity index (χ3n) is 3.96. The van der Waals surface area contributed by atoms with Crippen molar-refractivity contribution < 1.29 is 14.3 Å². The monoisotopic (exact) mass is 380 g/mol. The van der Waals surface area contributed by atoms with Gasteiger partial charge >= 0.3 is 5.97 Å². The van der Waals surface area contributed by atoms with Gasteiger partial charge in [-0.15, -0.1) is 0 Å². The van der Waals surface area contributed by atoms with E-state index in [1.54, 1.807) is 28.7 Å². The average molecular weight is 380 g/mol. The van der Waals surface area contributed by atoms with Gasteiger partial charge in [0.25, 0.3) is 5.56 Å². The molecule has 0 saturated carbocycles. The minimum absolute atomic E-state index is 0.106. The van der Waals surface area contributed by atoms with Crippen LogP contribution in [0.5, 0.6) is 11.5 Å². The molecule has 4 rings (SSSR count). The number of rotatable bonds is 4. The summed E-state index contributed by atoms with van der Waals surface area (Å²) in [7, 11) is 0. The van der Waals surface area contributed by atoms with Crippen molar-refractivity contribution in [3.8, 4) is 11.5 Å². The number of nitrogens with zero attached hydrogens (tertiary/aromatic N) is 2. The van der Waals surface area contributed by atoms with E-state index in [9.17, 15) is 9.59 Å². The fourth-order valence-corrected chi connectivity index (χ4v) is 3.87. The van der Waals surface area contributed by atoms with E-state index in [2.05, 4.69) is 4.98 Å². The number of imidazole rings is 1. The number of ether oxygens (including phenoxy) is 2. The van der Waals surface area contributed by atoms with Crippen molar-refractivity contribution in [2.24, 2.45) is 0 Å². The van der Waals surface area contributed by atoms with Gasteiger partial charge in [-0.05, 0) is 42.8 Å². The molecule has 0 N–H and O–H groups in total. The summed E-state index contributed by atoms with van der Waals surface area (Å²) in [6.45, 7) is 3.62. The summed E-state index contributed by atoms with van der Waals surface area (Å²) in [5.41, 5.74) is 2.27. The molecular formula is C20H16N2O4S. The number of carbonyl (C=O) groups excluding carboxylic acids is 1. The number of aromatic nitrogens is 2. The Kier molecular flexibility index (Phi) is 4.37. The first-order valence-electron chi connectivity index (χ1n) is 8.44. The molecule has 27 heavy (non-hydrogen) atoms. The Morgan fingerprint density at radius 3 is 2.81 bits per heavy atom. The Hall–Kier alpha value is -3.19. The Morgan fingerprint density at radius 1 is 1.22 bits per heavy atom. The number of thiazole rings is 1. The van der Waals surface area contributed by atoms with E-state index in [-0.39, 0.29) is 5.56 Å². The lowest BCUT2D eigenvalue weighted by Gasteiger charge is -2.10. The molecule has 2 aromatic carbocycles. The van der Waals surface area contributed by atoms with Crippen molar-refractivity contribution in [2.75, 3.05) is 6.61 Å². The summed E-state index contributed by atoms with van der Waals surface area (Å²) in [6.07, 6.45) is 1.79. The first-order valence-corrected chi connectivity index (χ1v) is 9.25. The summed E-state index contributed by atoms with van der Waals surface area (Å²) in [6, 6.07) is 12.8. The van der Waals surface area contributed by atoms with E-state index >= 15 is 0 Å². The van der Waals surface area contributed by atoms with Crippen molar-refractivity contribution >= 4 is 39.4 Å². The molecule has 6 nitrogen and oxygen atoms in total. The lowest BCUT2D eigenvalue weighted by atomic mass is 10.2. The first-order chi connectivity index (χ1) is 13.1. The molecular weight excluding hydrogens is 364 g/mol. The number of esters is 1. The number of carbonyl (C=O) groups is 1. The number of hydrogen-bond acceptors (Lipinski definition) is 6. The zero-order chi connectivity index (χ0) is 19.0. The van der Waals surface area contributed by atoms with E-state index < -0.39 is 5.97 Å². The quantitative estimate of drug-likeness (QED) is 0.402. The van der Waals surface area contributed by atoms with Crippen LogP contribution >= 0.6 is 11.3 Å². The number of benzene rings is 2. The molecule has 0 spiro atoms. The highest BCUT2D eigenvalue weighted by Gasteiger charge is 2.12. The lowest BCUT2D eigenvalue weighted by molar-refractivity contribution is -0.132. The predicted molar refractivity (Wildman–Crippen MR) is 105 cm³/mol. The van der Waals surface area contributed by atoms with Gasteiger partial charge in [0.2, 0.25) is 0 Å². The van der Waals surface area contributed by atoms with Gasteiger partial charge in [0.15, 0.2) is 16.5 Å². The maximum absolute atomic E-state index is 12.8. The molecule has 0 aliphatic carbocycles. The van der Waals surface area contributed by atoms with Gasteiger partial charge in [0, 0.05) is 6.92 Å². The summed E-state index contributed by atoms with van der Waals surface area (Å²) < 4.78 is 12.9. The van der Waals surface area contributed by atoms with E-state index in [4.69, 9.17) is 9.47 Å². The van der Waals surface area contributed by atoms with Crippen molar-refractivity contribution in [2.45, 2.75) is 13.8 Å². The summed E-state index contributed by atoms with van der Waals surface area (Å²) >= 11 is 1.34. The normalized spacial score (nSPS) is 12.0.